The van der Waals surface area contributed by atoms with Crippen molar-refractivity contribution in [2.75, 3.05) is 15.8 Å². The van der Waals surface area contributed by atoms with Crippen molar-refractivity contribution in [3.8, 4) is 5.75 Å². The maximum absolute atomic E-state index is 12.1. The largest absolute Gasteiger partial charge is 1.00 e. The van der Waals surface area contributed by atoms with Crippen LogP contribution in [0.4, 0.5) is 11.4 Å². The van der Waals surface area contributed by atoms with Crippen LogP contribution in [0.1, 0.15) is 13.3 Å². The highest BCUT2D eigenvalue weighted by Crippen LogP contribution is 2.27. The van der Waals surface area contributed by atoms with Crippen LogP contribution >= 0.6 is 0 Å². The maximum Gasteiger partial charge on any atom is 0.243 e. The molecule has 0 bridgehead atoms. The van der Waals surface area contributed by atoms with Crippen molar-refractivity contribution < 1.29 is 35.3 Å². The number of rotatable bonds is 7. The molecule has 0 unspecified atom stereocenters. The summed E-state index contributed by atoms with van der Waals surface area (Å²) in [7, 11) is -1.68. The third-order valence-electron chi connectivity index (χ3n) is 3.24. The molecule has 0 aliphatic carbocycles. The quantitative estimate of drug-likeness (QED) is 0.370. The molecule has 3 N–H and O–H groups in total. The van der Waals surface area contributed by atoms with Gasteiger partial charge in [0.2, 0.25) is 22.3 Å². The van der Waals surface area contributed by atoms with Crippen molar-refractivity contribution in [1.29, 1.82) is 0 Å². The molecule has 0 aliphatic heterocycles. The molecule has 0 fully saturated rings. The van der Waals surface area contributed by atoms with E-state index in [0.29, 0.717) is 18.7 Å². The smallest absolute Gasteiger partial charge is 0.243 e. The van der Waals surface area contributed by atoms with Crippen molar-refractivity contribution in [2.45, 2.75) is 19.9 Å². The number of hydrogen-bond acceptors (Lipinski definition) is 4. The summed E-state index contributed by atoms with van der Waals surface area (Å²) in [6.45, 7) is 1.92. The summed E-state index contributed by atoms with van der Waals surface area (Å²) in [6, 6.07) is 4.21. The third kappa shape index (κ3) is 6.63. The Morgan fingerprint density at radius 2 is 2.08 bits per heavy atom. The first kappa shape index (κ1) is 20.8. The number of carbonyl (C=O) groups is 1. The number of aromatic hydroxyl groups is 1. The lowest BCUT2D eigenvalue weighted by atomic mass is 10.2. The van der Waals surface area contributed by atoms with Crippen LogP contribution in [0.15, 0.2) is 36.9 Å². The highest BCUT2D eigenvalue weighted by Gasteiger charge is 2.14. The van der Waals surface area contributed by atoms with Crippen LogP contribution < -0.4 is 27.0 Å². The molecule has 0 radical (unpaired) electrons. The third-order valence-corrected chi connectivity index (χ3v) is 4.59. The zero-order valence-corrected chi connectivity index (χ0v) is 15.5. The van der Waals surface area contributed by atoms with Gasteiger partial charge in [-0.2, -0.15) is 0 Å². The molecular weight excluding hydrogens is 368 g/mol. The van der Waals surface area contributed by atoms with Crippen LogP contribution in [0, 0.1) is 0 Å². The van der Waals surface area contributed by atoms with E-state index < -0.39 is 10.0 Å². The van der Waals surface area contributed by atoms with E-state index >= 15 is 0 Å². The second-order valence-corrected chi connectivity index (χ2v) is 7.35. The number of hydrogen-bond donors (Lipinski definition) is 3. The highest BCUT2D eigenvalue weighted by molar-refractivity contribution is 7.92. The van der Waals surface area contributed by atoms with Gasteiger partial charge in [0.15, 0.2) is 0 Å². The minimum Gasteiger partial charge on any atom is -1.00 e. The molecule has 1 aromatic carbocycles. The van der Waals surface area contributed by atoms with E-state index in [1.807, 2.05) is 34.9 Å². The molecule has 8 nitrogen and oxygen atoms in total. The van der Waals surface area contributed by atoms with Crippen molar-refractivity contribution in [1.82, 2.24) is 4.57 Å². The van der Waals surface area contributed by atoms with Gasteiger partial charge in [-0.1, -0.05) is 0 Å². The molecule has 25 heavy (non-hydrogen) atoms. The van der Waals surface area contributed by atoms with Crippen LogP contribution in [0.2, 0.25) is 0 Å². The van der Waals surface area contributed by atoms with Gasteiger partial charge in [-0.05, 0) is 12.1 Å². The zero-order valence-electron chi connectivity index (χ0n) is 13.9. The molecule has 0 atom stereocenters. The van der Waals surface area contributed by atoms with Crippen LogP contribution in [-0.2, 0) is 28.4 Å². The molecule has 1 amide bonds. The van der Waals surface area contributed by atoms with E-state index in [2.05, 4.69) is 10.0 Å². The molecule has 1 heterocycles. The molecular formula is C15H21ClN4O4S. The summed E-state index contributed by atoms with van der Waals surface area (Å²) < 4.78 is 30.3. The van der Waals surface area contributed by atoms with Crippen LogP contribution in [0.5, 0.6) is 5.75 Å². The lowest BCUT2D eigenvalue weighted by Crippen LogP contribution is -3.00. The van der Waals surface area contributed by atoms with E-state index in [4.69, 9.17) is 0 Å². The first-order valence-electron chi connectivity index (χ1n) is 7.37. The Morgan fingerprint density at radius 3 is 2.64 bits per heavy atom. The topological polar surface area (TPSA) is 104 Å². The normalized spacial score (nSPS) is 10.8. The molecule has 10 heteroatoms. The maximum atomic E-state index is 12.1. The molecule has 0 spiro atoms. The summed E-state index contributed by atoms with van der Waals surface area (Å²) in [5.74, 6) is -0.592. The number of sulfonamides is 1. The Morgan fingerprint density at radius 1 is 1.36 bits per heavy atom. The first-order valence-corrected chi connectivity index (χ1v) is 9.02. The fourth-order valence-electron chi connectivity index (χ4n) is 2.19. The van der Waals surface area contributed by atoms with Gasteiger partial charge in [-0.3, -0.25) is 9.52 Å². The number of carbonyl (C=O) groups excluding carboxylic acids is 1. The first-order chi connectivity index (χ1) is 11.2. The Balaban J connectivity index is 0.00000312. The lowest BCUT2D eigenvalue weighted by molar-refractivity contribution is -0.671. The highest BCUT2D eigenvalue weighted by atomic mass is 35.5. The fourth-order valence-corrected chi connectivity index (χ4v) is 3.31. The predicted octanol–water partition coefficient (Wildman–Crippen LogP) is -2.19. The van der Waals surface area contributed by atoms with Crippen LogP contribution in [-0.4, -0.2) is 29.8 Å². The van der Waals surface area contributed by atoms with Gasteiger partial charge in [-0.25, -0.2) is 17.6 Å². The van der Waals surface area contributed by atoms with Gasteiger partial charge in [0.25, 0.3) is 0 Å². The molecule has 0 saturated heterocycles. The number of amides is 1. The molecule has 2 rings (SSSR count). The standard InChI is InChI=1S/C15H20N4O4S.ClH/c1-12(20)16-13-4-5-14(15(21)10-13)17-24(22,23)9-3-6-19-8-7-18(2)11-19;/h4-5,7-8,10-11,17H,3,6,9H2,1-2H3,(H-,16,20,21);1H. The number of nitrogens with one attached hydrogen (secondary N) is 2. The number of aryl methyl sites for hydroxylation is 2. The van der Waals surface area contributed by atoms with Crippen molar-refractivity contribution in [3.63, 3.8) is 0 Å². The van der Waals surface area contributed by atoms with Gasteiger partial charge in [0, 0.05) is 25.1 Å². The molecule has 138 valence electrons. The Labute approximate surface area is 152 Å². The average molecular weight is 389 g/mol. The predicted molar refractivity (Wildman–Crippen MR) is 90.0 cm³/mol. The van der Waals surface area contributed by atoms with Crippen LogP contribution in [0.3, 0.4) is 0 Å². The number of anilines is 2. The van der Waals surface area contributed by atoms with Gasteiger partial charge < -0.3 is 22.8 Å². The average Bonchev–Trinajstić information content (AvgIpc) is 2.86. The Kier molecular flexibility index (Phi) is 7.25. The molecule has 2 aromatic rings. The number of halogens is 1. The summed E-state index contributed by atoms with van der Waals surface area (Å²) in [4.78, 5) is 11.0. The van der Waals surface area contributed by atoms with Crippen molar-refractivity contribution in [3.05, 3.63) is 36.9 Å². The van der Waals surface area contributed by atoms with E-state index in [9.17, 15) is 18.3 Å². The van der Waals surface area contributed by atoms with Crippen molar-refractivity contribution in [2.24, 2.45) is 7.05 Å². The van der Waals surface area contributed by atoms with E-state index in [1.54, 1.807) is 0 Å². The minimum atomic E-state index is -3.57. The van der Waals surface area contributed by atoms with Gasteiger partial charge in [-0.15, -0.1) is 0 Å². The number of phenolic OH excluding ortho intramolecular Hbond substituents is 1. The Bertz CT molecular complexity index is 836. The summed E-state index contributed by atoms with van der Waals surface area (Å²) in [5.41, 5.74) is 0.472. The summed E-state index contributed by atoms with van der Waals surface area (Å²) in [6.07, 6.45) is 6.05. The van der Waals surface area contributed by atoms with Crippen LogP contribution in [0.25, 0.3) is 0 Å². The second-order valence-electron chi connectivity index (χ2n) is 5.50. The molecule has 1 aromatic heterocycles. The second kappa shape index (κ2) is 8.72. The van der Waals surface area contributed by atoms with E-state index in [0.717, 1.165) is 0 Å². The van der Waals surface area contributed by atoms with E-state index in [-0.39, 0.29) is 35.5 Å². The van der Waals surface area contributed by atoms with Gasteiger partial charge in [0.05, 0.1) is 25.0 Å². The monoisotopic (exact) mass is 388 g/mol. The number of benzene rings is 1. The Hall–Kier alpha value is -2.26. The molecule has 0 aliphatic rings. The van der Waals surface area contributed by atoms with Gasteiger partial charge >= 0.3 is 0 Å². The van der Waals surface area contributed by atoms with Crippen molar-refractivity contribution >= 4 is 27.3 Å². The molecule has 0 saturated carbocycles. The lowest BCUT2D eigenvalue weighted by Gasteiger charge is -2.10. The SMILES string of the molecule is CC(=O)Nc1ccc(NS(=O)(=O)CCCn2cc[n+](C)c2)c(O)c1.[Cl-]. The number of imidazole rings is 1. The van der Waals surface area contributed by atoms with E-state index in [1.165, 1.54) is 25.1 Å². The number of phenols is 1. The summed E-state index contributed by atoms with van der Waals surface area (Å²) in [5, 5.41) is 12.4. The van der Waals surface area contributed by atoms with Gasteiger partial charge in [0.1, 0.15) is 18.1 Å². The summed E-state index contributed by atoms with van der Waals surface area (Å²) >= 11 is 0. The fraction of sp³-hybridized carbons (Fsp3) is 0.333. The number of aromatic nitrogens is 2. The minimum absolute atomic E-state index is 0. The zero-order chi connectivity index (χ0) is 17.7. The number of nitrogens with zero attached hydrogens (tertiary/aromatic N) is 2.